The molecule has 0 aliphatic heterocycles. The second kappa shape index (κ2) is 12.8. The van der Waals surface area contributed by atoms with Gasteiger partial charge in [0, 0.05) is 17.6 Å². The van der Waals surface area contributed by atoms with Crippen molar-refractivity contribution in [3.8, 4) is 28.0 Å². The van der Waals surface area contributed by atoms with Crippen molar-refractivity contribution in [3.63, 3.8) is 0 Å². The number of benzene rings is 3. The highest BCUT2D eigenvalue weighted by atomic mass is 19.2. The predicted molar refractivity (Wildman–Crippen MR) is 153 cm³/mol. The minimum absolute atomic E-state index is 0.0417. The average Bonchev–Trinajstić information content (AvgIpc) is 2.98. The Labute approximate surface area is 236 Å². The van der Waals surface area contributed by atoms with Crippen molar-refractivity contribution in [2.24, 2.45) is 17.8 Å². The van der Waals surface area contributed by atoms with Gasteiger partial charge in [-0.25, -0.2) is 13.2 Å². The zero-order valence-corrected chi connectivity index (χ0v) is 23.2. The molecule has 40 heavy (non-hydrogen) atoms. The van der Waals surface area contributed by atoms with Crippen LogP contribution in [0.4, 0.5) is 17.6 Å². The highest BCUT2D eigenvalue weighted by molar-refractivity contribution is 6.08. The molecule has 2 radical (unpaired) electrons. The van der Waals surface area contributed by atoms with Gasteiger partial charge in [-0.1, -0.05) is 69.0 Å². The molecule has 1 nitrogen and oxygen atoms in total. The first kappa shape index (κ1) is 28.8. The van der Waals surface area contributed by atoms with E-state index in [0.717, 1.165) is 37.5 Å². The third-order valence-electron chi connectivity index (χ3n) is 9.37. The summed E-state index contributed by atoms with van der Waals surface area (Å²) in [6, 6.07) is 12.4. The number of hydrogen-bond acceptors (Lipinski definition) is 1. The van der Waals surface area contributed by atoms with Crippen LogP contribution in [0.5, 0.6) is 5.75 Å². The smallest absolute Gasteiger partial charge is 0.201 e. The summed E-state index contributed by atoms with van der Waals surface area (Å²) in [7, 11) is 5.25. The summed E-state index contributed by atoms with van der Waals surface area (Å²) in [5.41, 5.74) is 1.55. The highest BCUT2D eigenvalue weighted by Gasteiger charge is 2.32. The van der Waals surface area contributed by atoms with Gasteiger partial charge in [-0.2, -0.15) is 4.39 Å². The second-order valence-corrected chi connectivity index (χ2v) is 11.6. The molecule has 0 aromatic heterocycles. The molecule has 0 saturated heterocycles. The Hall–Kier alpha value is -2.76. The van der Waals surface area contributed by atoms with Gasteiger partial charge in [-0.3, -0.25) is 0 Å². The third kappa shape index (κ3) is 5.96. The molecule has 0 unspecified atom stereocenters. The summed E-state index contributed by atoms with van der Waals surface area (Å²) in [4.78, 5) is 0. The maximum absolute atomic E-state index is 15.4. The lowest BCUT2D eigenvalue weighted by Gasteiger charge is -2.38. The fourth-order valence-corrected chi connectivity index (χ4v) is 7.15. The van der Waals surface area contributed by atoms with Gasteiger partial charge in [-0.05, 0) is 91.0 Å². The zero-order chi connectivity index (χ0) is 28.2. The lowest BCUT2D eigenvalue weighted by atomic mass is 9.68. The standard InChI is InChI=1S/C34H37BF4O/c1-2-3-21-4-6-22(7-5-21)23-8-10-24(11-9-23)27-16-17-28(32(37)31(27)36)25-12-14-26(15-13-25)29-18-19-30(40-20-35)34(39)33(29)38/h12-19,21-24H,2-11,20H2,1H3. The van der Waals surface area contributed by atoms with E-state index in [1.807, 2.05) is 0 Å². The number of rotatable bonds is 8. The van der Waals surface area contributed by atoms with Crippen molar-refractivity contribution in [2.45, 2.75) is 77.0 Å². The summed E-state index contributed by atoms with van der Waals surface area (Å²) in [6.45, 7) is 2.00. The van der Waals surface area contributed by atoms with Gasteiger partial charge in [0.15, 0.2) is 23.2 Å². The van der Waals surface area contributed by atoms with Gasteiger partial charge in [0.1, 0.15) is 7.85 Å². The molecule has 6 heteroatoms. The Kier molecular flexibility index (Phi) is 9.22. The molecule has 0 spiro atoms. The van der Waals surface area contributed by atoms with E-state index in [0.29, 0.717) is 22.6 Å². The first-order valence-electron chi connectivity index (χ1n) is 14.8. The van der Waals surface area contributed by atoms with Crippen LogP contribution in [0.25, 0.3) is 22.3 Å². The first-order valence-corrected chi connectivity index (χ1v) is 14.8. The molecule has 210 valence electrons. The highest BCUT2D eigenvalue weighted by Crippen LogP contribution is 2.45. The van der Waals surface area contributed by atoms with Crippen LogP contribution in [0.3, 0.4) is 0 Å². The van der Waals surface area contributed by atoms with E-state index < -0.39 is 23.3 Å². The third-order valence-corrected chi connectivity index (χ3v) is 9.37. The van der Waals surface area contributed by atoms with E-state index in [4.69, 9.17) is 12.6 Å². The minimum atomic E-state index is -1.12. The van der Waals surface area contributed by atoms with Crippen LogP contribution in [0.1, 0.15) is 82.6 Å². The predicted octanol–water partition coefficient (Wildman–Crippen LogP) is 9.96. The van der Waals surface area contributed by atoms with Crippen molar-refractivity contribution < 1.29 is 22.3 Å². The van der Waals surface area contributed by atoms with Crippen molar-refractivity contribution in [1.82, 2.24) is 0 Å². The van der Waals surface area contributed by atoms with Gasteiger partial charge >= 0.3 is 0 Å². The van der Waals surface area contributed by atoms with E-state index in [1.165, 1.54) is 50.7 Å². The first-order chi connectivity index (χ1) is 19.4. The van der Waals surface area contributed by atoms with Crippen LogP contribution in [-0.2, 0) is 0 Å². The van der Waals surface area contributed by atoms with Crippen LogP contribution in [-0.4, -0.2) is 14.4 Å². The number of hydrogen-bond donors (Lipinski definition) is 0. The maximum Gasteiger partial charge on any atom is 0.201 e. The summed E-state index contributed by atoms with van der Waals surface area (Å²) in [5.74, 6) is -1.62. The molecule has 0 amide bonds. The van der Waals surface area contributed by atoms with Crippen molar-refractivity contribution in [3.05, 3.63) is 77.4 Å². The quantitative estimate of drug-likeness (QED) is 0.201. The largest absolute Gasteiger partial charge is 0.500 e. The molecule has 2 fully saturated rings. The molecular formula is C34H37BF4O. The molecule has 0 atom stereocenters. The van der Waals surface area contributed by atoms with Crippen LogP contribution in [0.15, 0.2) is 48.5 Å². The van der Waals surface area contributed by atoms with E-state index >= 15 is 8.78 Å². The summed E-state index contributed by atoms with van der Waals surface area (Å²) >= 11 is 0. The Morgan fingerprint density at radius 2 is 1.18 bits per heavy atom. The molecular weight excluding hydrogens is 511 g/mol. The SMILES string of the molecule is [B]COc1ccc(-c2ccc(-c3ccc(C4CCC(C5CCC(CCC)CC5)CC4)c(F)c3F)cc2)c(F)c1F. The number of halogens is 4. The second-order valence-electron chi connectivity index (χ2n) is 11.6. The maximum atomic E-state index is 15.4. The molecule has 2 saturated carbocycles. The zero-order valence-electron chi connectivity index (χ0n) is 23.2. The van der Waals surface area contributed by atoms with Gasteiger partial charge in [-0.15, -0.1) is 0 Å². The molecule has 5 rings (SSSR count). The molecule has 0 heterocycles. The van der Waals surface area contributed by atoms with Crippen LogP contribution >= 0.6 is 0 Å². The molecule has 2 aliphatic rings. The Morgan fingerprint density at radius 3 is 1.73 bits per heavy atom. The molecule has 3 aromatic carbocycles. The Balaban J connectivity index is 1.25. The van der Waals surface area contributed by atoms with Crippen LogP contribution in [0, 0.1) is 41.0 Å². The van der Waals surface area contributed by atoms with E-state index in [9.17, 15) is 8.78 Å². The number of ether oxygens (including phenoxy) is 1. The van der Waals surface area contributed by atoms with E-state index in [1.54, 1.807) is 36.4 Å². The monoisotopic (exact) mass is 548 g/mol. The van der Waals surface area contributed by atoms with E-state index in [2.05, 4.69) is 6.92 Å². The van der Waals surface area contributed by atoms with Gasteiger partial charge in [0.2, 0.25) is 5.82 Å². The van der Waals surface area contributed by atoms with Crippen molar-refractivity contribution in [2.75, 3.05) is 6.51 Å². The van der Waals surface area contributed by atoms with Crippen LogP contribution in [0.2, 0.25) is 0 Å². The molecule has 2 aliphatic carbocycles. The van der Waals surface area contributed by atoms with E-state index in [-0.39, 0.29) is 29.3 Å². The van der Waals surface area contributed by atoms with Gasteiger partial charge in [0.25, 0.3) is 0 Å². The molecule has 0 bridgehead atoms. The van der Waals surface area contributed by atoms with Gasteiger partial charge < -0.3 is 4.74 Å². The normalized spacial score (nSPS) is 23.2. The fourth-order valence-electron chi connectivity index (χ4n) is 7.15. The molecule has 3 aromatic rings. The topological polar surface area (TPSA) is 9.23 Å². The molecule has 0 N–H and O–H groups in total. The lowest BCUT2D eigenvalue weighted by Crippen LogP contribution is -2.25. The fraction of sp³-hybridized carbons (Fsp3) is 0.471. The van der Waals surface area contributed by atoms with Crippen molar-refractivity contribution in [1.29, 1.82) is 0 Å². The van der Waals surface area contributed by atoms with Crippen molar-refractivity contribution >= 4 is 7.85 Å². The average molecular weight is 548 g/mol. The lowest BCUT2D eigenvalue weighted by molar-refractivity contribution is 0.156. The summed E-state index contributed by atoms with van der Waals surface area (Å²) < 4.78 is 64.4. The van der Waals surface area contributed by atoms with Gasteiger partial charge in [0.05, 0.1) is 0 Å². The minimum Gasteiger partial charge on any atom is -0.500 e. The summed E-state index contributed by atoms with van der Waals surface area (Å²) in [6.07, 6.45) is 12.0. The summed E-state index contributed by atoms with van der Waals surface area (Å²) in [5, 5.41) is 0. The Morgan fingerprint density at radius 1 is 0.650 bits per heavy atom. The Bertz CT molecular complexity index is 1290. The van der Waals surface area contributed by atoms with Crippen LogP contribution < -0.4 is 4.74 Å².